The number of carbonyl (C=O) groups is 2. The van der Waals surface area contributed by atoms with Crippen LogP contribution in [0.1, 0.15) is 37.7 Å². The van der Waals surface area contributed by atoms with Crippen LogP contribution in [0.15, 0.2) is 24.3 Å². The number of hydrogen-bond acceptors (Lipinski definition) is 5. The van der Waals surface area contributed by atoms with Crippen LogP contribution >= 0.6 is 23.2 Å². The van der Waals surface area contributed by atoms with Crippen molar-refractivity contribution in [3.8, 4) is 0 Å². The third kappa shape index (κ3) is 7.42. The Morgan fingerprint density at radius 3 is 2.64 bits per heavy atom. The van der Waals surface area contributed by atoms with E-state index in [-0.39, 0.29) is 24.5 Å². The minimum absolute atomic E-state index is 0.0326. The lowest BCUT2D eigenvalue weighted by Crippen LogP contribution is -2.50. The monoisotopic (exact) mass is 497 g/mol. The summed E-state index contributed by atoms with van der Waals surface area (Å²) in [4.78, 5) is 30.8. The average molecular weight is 498 g/mol. The molecule has 0 radical (unpaired) electrons. The lowest BCUT2D eigenvalue weighted by atomic mass is 9.99. The average Bonchev–Trinajstić information content (AvgIpc) is 2.99. The van der Waals surface area contributed by atoms with E-state index in [1.807, 2.05) is 4.90 Å². The molecule has 1 aromatic rings. The highest BCUT2D eigenvalue weighted by molar-refractivity contribution is 6.42. The quantitative estimate of drug-likeness (QED) is 0.426. The predicted molar refractivity (Wildman–Crippen MR) is 130 cm³/mol. The van der Waals surface area contributed by atoms with Gasteiger partial charge in [0.25, 0.3) is 0 Å². The summed E-state index contributed by atoms with van der Waals surface area (Å²) < 4.78 is 0. The van der Waals surface area contributed by atoms with E-state index in [0.717, 1.165) is 44.3 Å². The molecule has 33 heavy (non-hydrogen) atoms. The van der Waals surface area contributed by atoms with Gasteiger partial charge in [-0.05, 0) is 62.5 Å². The fraction of sp³-hybridized carbons (Fsp3) is 0.583. The molecule has 2 fully saturated rings. The normalized spacial score (nSPS) is 22.7. The van der Waals surface area contributed by atoms with Crippen molar-refractivity contribution in [1.29, 1.82) is 0 Å². The molecule has 0 aliphatic carbocycles. The Morgan fingerprint density at radius 1 is 1.09 bits per heavy atom. The Bertz CT molecular complexity index is 851. The summed E-state index contributed by atoms with van der Waals surface area (Å²) in [5, 5.41) is 20.5. The summed E-state index contributed by atoms with van der Waals surface area (Å²) >= 11 is 11.9. The fourth-order valence-electron chi connectivity index (χ4n) is 4.45. The molecular weight excluding hydrogens is 465 g/mol. The van der Waals surface area contributed by atoms with Gasteiger partial charge in [0.2, 0.25) is 11.8 Å². The summed E-state index contributed by atoms with van der Waals surface area (Å²) in [5.41, 5.74) is 0.787. The van der Waals surface area contributed by atoms with E-state index >= 15 is 0 Å². The number of rotatable bonds is 8. The molecular formula is C24H33Cl2N3O4. The van der Waals surface area contributed by atoms with E-state index in [9.17, 15) is 19.8 Å². The summed E-state index contributed by atoms with van der Waals surface area (Å²) in [6.45, 7) is 3.74. The SMILES string of the molecule is O=C(C=Cc1ccc(Cl)c(Cl)c1)N1CCC(=O)N(CCCCN2CCC[C@@H](O)[C@H]2CO)CC1. The second-order valence-electron chi connectivity index (χ2n) is 8.67. The largest absolute Gasteiger partial charge is 0.395 e. The van der Waals surface area contributed by atoms with Gasteiger partial charge < -0.3 is 20.0 Å². The zero-order valence-corrected chi connectivity index (χ0v) is 20.3. The number of carbonyl (C=O) groups excluding carboxylic acids is 2. The summed E-state index contributed by atoms with van der Waals surface area (Å²) in [6.07, 6.45) is 6.47. The second kappa shape index (κ2) is 12.7. The van der Waals surface area contributed by atoms with Crippen molar-refractivity contribution < 1.29 is 19.8 Å². The number of nitrogens with zero attached hydrogens (tertiary/aromatic N) is 3. The first kappa shape index (κ1) is 26.0. The molecule has 2 aliphatic heterocycles. The standard InChI is InChI=1S/C24H33Cl2N3O4/c25-19-7-5-18(16-20(19)26)6-8-23(32)29-13-9-24(33)28(14-15-29)11-2-1-10-27-12-3-4-22(31)21(27)17-30/h5-8,16,21-22,30-31H,1-4,9-15,17H2/t21-,22-/m1/s1. The molecule has 7 nitrogen and oxygen atoms in total. The molecule has 2 aliphatic rings. The van der Waals surface area contributed by atoms with Crippen LogP contribution in [0.25, 0.3) is 6.08 Å². The maximum atomic E-state index is 12.6. The van der Waals surface area contributed by atoms with Crippen LogP contribution in [0, 0.1) is 0 Å². The molecule has 182 valence electrons. The van der Waals surface area contributed by atoms with E-state index in [1.165, 1.54) is 6.08 Å². The number of likely N-dealkylation sites (tertiary alicyclic amines) is 1. The number of amides is 2. The highest BCUT2D eigenvalue weighted by atomic mass is 35.5. The number of piperidine rings is 1. The zero-order chi connectivity index (χ0) is 23.8. The Balaban J connectivity index is 1.43. The molecule has 9 heteroatoms. The van der Waals surface area contributed by atoms with E-state index in [0.29, 0.717) is 42.6 Å². The molecule has 2 amide bonds. The number of aliphatic hydroxyl groups excluding tert-OH is 2. The summed E-state index contributed by atoms with van der Waals surface area (Å²) in [6, 6.07) is 5.00. The van der Waals surface area contributed by atoms with Crippen LogP contribution in [0.4, 0.5) is 0 Å². The van der Waals surface area contributed by atoms with Gasteiger partial charge >= 0.3 is 0 Å². The smallest absolute Gasteiger partial charge is 0.246 e. The fourth-order valence-corrected chi connectivity index (χ4v) is 4.76. The predicted octanol–water partition coefficient (Wildman–Crippen LogP) is 2.67. The molecule has 1 aromatic carbocycles. The first-order valence-corrected chi connectivity index (χ1v) is 12.4. The number of benzene rings is 1. The van der Waals surface area contributed by atoms with Crippen molar-refractivity contribution in [2.45, 2.75) is 44.2 Å². The van der Waals surface area contributed by atoms with Crippen molar-refractivity contribution >= 4 is 41.1 Å². The van der Waals surface area contributed by atoms with Gasteiger partial charge in [0.15, 0.2) is 0 Å². The van der Waals surface area contributed by atoms with Crippen molar-refractivity contribution in [1.82, 2.24) is 14.7 Å². The van der Waals surface area contributed by atoms with E-state index in [4.69, 9.17) is 23.2 Å². The zero-order valence-electron chi connectivity index (χ0n) is 18.8. The Labute approximate surface area is 205 Å². The van der Waals surface area contributed by atoms with Crippen molar-refractivity contribution in [2.24, 2.45) is 0 Å². The molecule has 0 bridgehead atoms. The van der Waals surface area contributed by atoms with Crippen LogP contribution in [-0.2, 0) is 9.59 Å². The highest BCUT2D eigenvalue weighted by Crippen LogP contribution is 2.23. The van der Waals surface area contributed by atoms with Gasteiger partial charge in [-0.15, -0.1) is 0 Å². The van der Waals surface area contributed by atoms with Crippen LogP contribution in [-0.4, -0.2) is 94.7 Å². The van der Waals surface area contributed by atoms with E-state index in [1.54, 1.807) is 29.2 Å². The molecule has 2 N–H and O–H groups in total. The van der Waals surface area contributed by atoms with Gasteiger partial charge in [0.05, 0.1) is 28.8 Å². The number of halogens is 2. The summed E-state index contributed by atoms with van der Waals surface area (Å²) in [5.74, 6) is -0.0604. The summed E-state index contributed by atoms with van der Waals surface area (Å²) in [7, 11) is 0. The Kier molecular flexibility index (Phi) is 10.0. The molecule has 0 saturated carbocycles. The van der Waals surface area contributed by atoms with Crippen molar-refractivity contribution in [2.75, 3.05) is 45.9 Å². The maximum Gasteiger partial charge on any atom is 0.246 e. The molecule has 2 heterocycles. The van der Waals surface area contributed by atoms with Gasteiger partial charge in [-0.25, -0.2) is 0 Å². The minimum atomic E-state index is -0.467. The van der Waals surface area contributed by atoms with E-state index < -0.39 is 6.10 Å². The third-order valence-electron chi connectivity index (χ3n) is 6.43. The third-order valence-corrected chi connectivity index (χ3v) is 7.17. The van der Waals surface area contributed by atoms with Crippen LogP contribution in [0.2, 0.25) is 10.0 Å². The molecule has 2 atom stereocenters. The van der Waals surface area contributed by atoms with Gasteiger partial charge in [-0.2, -0.15) is 0 Å². The van der Waals surface area contributed by atoms with Gasteiger partial charge in [-0.3, -0.25) is 14.5 Å². The van der Waals surface area contributed by atoms with Crippen LogP contribution in [0.5, 0.6) is 0 Å². The molecule has 3 rings (SSSR count). The van der Waals surface area contributed by atoms with Gasteiger partial charge in [0.1, 0.15) is 0 Å². The topological polar surface area (TPSA) is 84.3 Å². The molecule has 0 unspecified atom stereocenters. The van der Waals surface area contributed by atoms with Crippen molar-refractivity contribution in [3.05, 3.63) is 39.9 Å². The molecule has 2 saturated heterocycles. The first-order chi connectivity index (χ1) is 15.9. The van der Waals surface area contributed by atoms with E-state index in [2.05, 4.69) is 4.90 Å². The maximum absolute atomic E-state index is 12.6. The minimum Gasteiger partial charge on any atom is -0.395 e. The lowest BCUT2D eigenvalue weighted by Gasteiger charge is -2.38. The molecule has 0 spiro atoms. The first-order valence-electron chi connectivity index (χ1n) is 11.6. The van der Waals surface area contributed by atoms with Gasteiger partial charge in [-0.1, -0.05) is 29.3 Å². The van der Waals surface area contributed by atoms with Gasteiger partial charge in [0, 0.05) is 38.7 Å². The number of aliphatic hydroxyl groups is 2. The second-order valence-corrected chi connectivity index (χ2v) is 9.48. The molecule has 0 aromatic heterocycles. The van der Waals surface area contributed by atoms with Crippen molar-refractivity contribution in [3.63, 3.8) is 0 Å². The lowest BCUT2D eigenvalue weighted by molar-refractivity contribution is -0.130. The number of unbranched alkanes of at least 4 members (excludes halogenated alkanes) is 1. The number of hydrogen-bond donors (Lipinski definition) is 2. The Hall–Kier alpha value is -1.64. The van der Waals surface area contributed by atoms with Crippen LogP contribution < -0.4 is 0 Å². The highest BCUT2D eigenvalue weighted by Gasteiger charge is 2.29. The van der Waals surface area contributed by atoms with Crippen LogP contribution in [0.3, 0.4) is 0 Å². The Morgan fingerprint density at radius 2 is 1.88 bits per heavy atom.